The monoisotopic (exact) mass is 350 g/mol. The highest BCUT2D eigenvalue weighted by Gasteiger charge is 2.16. The maximum atomic E-state index is 12.5. The molecule has 0 radical (unpaired) electrons. The molecule has 0 bridgehead atoms. The van der Waals surface area contributed by atoms with Crippen molar-refractivity contribution in [1.82, 2.24) is 4.98 Å². The first-order valence-electron chi connectivity index (χ1n) is 6.48. The fourth-order valence-corrected chi connectivity index (χ4v) is 3.24. The van der Waals surface area contributed by atoms with Crippen LogP contribution in [0.4, 0.5) is 5.13 Å². The number of carbonyl (C=O) groups excluding carboxylic acids is 1. The Morgan fingerprint density at radius 3 is 2.77 bits per heavy atom. The number of thioether (sulfide) groups is 1. The predicted octanol–water partition coefficient (Wildman–Crippen LogP) is 5.43. The Morgan fingerprint density at radius 1 is 1.41 bits per heavy atom. The van der Waals surface area contributed by atoms with Crippen LogP contribution in [0.5, 0.6) is 0 Å². The lowest BCUT2D eigenvalue weighted by Crippen LogP contribution is -2.13. The Hall–Kier alpha value is -1.56. The maximum absolute atomic E-state index is 12.5. The molecule has 1 amide bonds. The van der Waals surface area contributed by atoms with E-state index in [2.05, 4.69) is 16.9 Å². The van der Waals surface area contributed by atoms with E-state index in [1.54, 1.807) is 12.3 Å². The van der Waals surface area contributed by atoms with Crippen LogP contribution >= 0.6 is 34.7 Å². The lowest BCUT2D eigenvalue weighted by Gasteiger charge is -2.12. The van der Waals surface area contributed by atoms with Gasteiger partial charge in [0.25, 0.3) is 5.91 Å². The van der Waals surface area contributed by atoms with Crippen LogP contribution in [0.25, 0.3) is 5.57 Å². The Bertz CT molecular complexity index is 724. The summed E-state index contributed by atoms with van der Waals surface area (Å²) in [4.78, 5) is 18.1. The maximum Gasteiger partial charge on any atom is 0.264 e. The van der Waals surface area contributed by atoms with Gasteiger partial charge in [0, 0.05) is 16.6 Å². The van der Waals surface area contributed by atoms with Crippen molar-refractivity contribution in [2.24, 2.45) is 0 Å². The third-order valence-corrected chi connectivity index (χ3v) is 4.70. The summed E-state index contributed by atoms with van der Waals surface area (Å²) in [6, 6.07) is 7.44. The van der Waals surface area contributed by atoms with E-state index in [0.717, 1.165) is 16.0 Å². The summed E-state index contributed by atoms with van der Waals surface area (Å²) < 4.78 is 0. The second-order valence-corrected chi connectivity index (χ2v) is 7.20. The van der Waals surface area contributed by atoms with Crippen molar-refractivity contribution < 1.29 is 4.79 Å². The van der Waals surface area contributed by atoms with Crippen molar-refractivity contribution >= 4 is 51.3 Å². The van der Waals surface area contributed by atoms with Gasteiger partial charge in [-0.2, -0.15) is 0 Å². The number of hydrogen-bond acceptors (Lipinski definition) is 4. The second-order valence-electron chi connectivity index (χ2n) is 4.56. The van der Waals surface area contributed by atoms with Crippen LogP contribution in [-0.2, 0) is 4.79 Å². The number of nitrogens with one attached hydrogen (secondary N) is 1. The molecule has 6 heteroatoms. The molecule has 3 nitrogen and oxygen atoms in total. The standard InChI is InChI=1S/C16H15ClN2OS2/c1-10(2)22-14(15(20)19-16-18-7-8-21-16)11(3)12-5-4-6-13(17)9-12/h4-9H,1H2,2-3H3,(H,18,19,20)/b14-11+. The average molecular weight is 351 g/mol. The van der Waals surface area contributed by atoms with Crippen LogP contribution in [0.1, 0.15) is 19.4 Å². The van der Waals surface area contributed by atoms with Gasteiger partial charge in [-0.05, 0) is 42.0 Å². The van der Waals surface area contributed by atoms with E-state index < -0.39 is 0 Å². The van der Waals surface area contributed by atoms with Crippen molar-refractivity contribution in [1.29, 1.82) is 0 Å². The van der Waals surface area contributed by atoms with Gasteiger partial charge in [0.1, 0.15) is 0 Å². The van der Waals surface area contributed by atoms with Gasteiger partial charge in [-0.1, -0.05) is 42.1 Å². The summed E-state index contributed by atoms with van der Waals surface area (Å²) in [5.41, 5.74) is 1.76. The van der Waals surface area contributed by atoms with Crippen molar-refractivity contribution in [3.63, 3.8) is 0 Å². The second kappa shape index (κ2) is 7.63. The SMILES string of the molecule is C=C(C)S/C(C(=O)Nc1nccs1)=C(\C)c1cccc(Cl)c1. The molecule has 0 unspecified atom stereocenters. The van der Waals surface area contributed by atoms with E-state index in [4.69, 9.17) is 11.6 Å². The molecule has 0 aliphatic carbocycles. The van der Waals surface area contributed by atoms with Gasteiger partial charge in [-0.15, -0.1) is 11.3 Å². The van der Waals surface area contributed by atoms with E-state index in [1.165, 1.54) is 23.1 Å². The average Bonchev–Trinajstić information content (AvgIpc) is 2.96. The predicted molar refractivity (Wildman–Crippen MR) is 97.2 cm³/mol. The molecule has 0 aliphatic rings. The summed E-state index contributed by atoms with van der Waals surface area (Å²) in [7, 11) is 0. The number of thiazole rings is 1. The largest absolute Gasteiger partial charge is 0.297 e. The number of rotatable bonds is 5. The quantitative estimate of drug-likeness (QED) is 0.731. The molecule has 1 N–H and O–H groups in total. The fourth-order valence-electron chi connectivity index (χ4n) is 1.76. The smallest absolute Gasteiger partial charge is 0.264 e. The number of amides is 1. The first kappa shape index (κ1) is 16.8. The lowest BCUT2D eigenvalue weighted by atomic mass is 10.1. The Balaban J connectivity index is 2.37. The van der Waals surface area contributed by atoms with E-state index >= 15 is 0 Å². The van der Waals surface area contributed by atoms with Gasteiger partial charge in [-0.3, -0.25) is 10.1 Å². The van der Waals surface area contributed by atoms with E-state index in [0.29, 0.717) is 15.1 Å². The number of nitrogens with zero attached hydrogens (tertiary/aromatic N) is 1. The van der Waals surface area contributed by atoms with E-state index in [-0.39, 0.29) is 5.91 Å². The highest BCUT2D eigenvalue weighted by atomic mass is 35.5. The fraction of sp³-hybridized carbons (Fsp3) is 0.125. The normalized spacial score (nSPS) is 11.8. The molecule has 0 atom stereocenters. The molecule has 0 saturated carbocycles. The minimum atomic E-state index is -0.194. The topological polar surface area (TPSA) is 42.0 Å². The number of anilines is 1. The van der Waals surface area contributed by atoms with Crippen molar-refractivity contribution in [2.75, 3.05) is 5.32 Å². The van der Waals surface area contributed by atoms with Crippen LogP contribution in [-0.4, -0.2) is 10.9 Å². The Labute approximate surface area is 143 Å². The lowest BCUT2D eigenvalue weighted by molar-refractivity contribution is -0.112. The molecule has 0 spiro atoms. The number of carbonyl (C=O) groups is 1. The van der Waals surface area contributed by atoms with Crippen LogP contribution in [0.2, 0.25) is 5.02 Å². The summed E-state index contributed by atoms with van der Waals surface area (Å²) in [5.74, 6) is -0.194. The molecule has 1 heterocycles. The molecule has 1 aromatic heterocycles. The van der Waals surface area contributed by atoms with Gasteiger partial charge in [0.2, 0.25) is 0 Å². The number of allylic oxidation sites excluding steroid dienone is 2. The van der Waals surface area contributed by atoms with Gasteiger partial charge >= 0.3 is 0 Å². The number of hydrogen-bond donors (Lipinski definition) is 1. The minimum Gasteiger partial charge on any atom is -0.297 e. The Kier molecular flexibility index (Phi) is 5.83. The molecular weight excluding hydrogens is 336 g/mol. The summed E-state index contributed by atoms with van der Waals surface area (Å²) >= 11 is 8.76. The molecule has 22 heavy (non-hydrogen) atoms. The zero-order valence-electron chi connectivity index (χ0n) is 12.2. The number of halogens is 1. The van der Waals surface area contributed by atoms with Crippen LogP contribution in [0.15, 0.2) is 52.2 Å². The third-order valence-electron chi connectivity index (χ3n) is 2.73. The molecule has 1 aromatic carbocycles. The molecule has 2 aromatic rings. The van der Waals surface area contributed by atoms with E-state index in [9.17, 15) is 4.79 Å². The zero-order valence-corrected chi connectivity index (χ0v) is 14.6. The number of aromatic nitrogens is 1. The van der Waals surface area contributed by atoms with Crippen LogP contribution < -0.4 is 5.32 Å². The third kappa shape index (κ3) is 4.47. The summed E-state index contributed by atoms with van der Waals surface area (Å²) in [5, 5.41) is 5.83. The molecule has 0 aliphatic heterocycles. The zero-order chi connectivity index (χ0) is 16.1. The highest BCUT2D eigenvalue weighted by Crippen LogP contribution is 2.33. The first-order chi connectivity index (χ1) is 10.5. The van der Waals surface area contributed by atoms with Crippen LogP contribution in [0, 0.1) is 0 Å². The molecule has 2 rings (SSSR count). The highest BCUT2D eigenvalue weighted by molar-refractivity contribution is 8.07. The van der Waals surface area contributed by atoms with Crippen molar-refractivity contribution in [3.8, 4) is 0 Å². The summed E-state index contributed by atoms with van der Waals surface area (Å²) in [6.07, 6.45) is 1.65. The van der Waals surface area contributed by atoms with Crippen molar-refractivity contribution in [3.05, 3.63) is 62.8 Å². The van der Waals surface area contributed by atoms with Gasteiger partial charge in [0.05, 0.1) is 4.91 Å². The first-order valence-corrected chi connectivity index (χ1v) is 8.56. The molecule has 0 saturated heterocycles. The summed E-state index contributed by atoms with van der Waals surface area (Å²) in [6.45, 7) is 7.65. The molecule has 114 valence electrons. The van der Waals surface area contributed by atoms with Gasteiger partial charge in [-0.25, -0.2) is 4.98 Å². The minimum absolute atomic E-state index is 0.194. The molecular formula is C16H15ClN2OS2. The van der Waals surface area contributed by atoms with Crippen molar-refractivity contribution in [2.45, 2.75) is 13.8 Å². The molecule has 0 fully saturated rings. The Morgan fingerprint density at radius 2 is 2.18 bits per heavy atom. The van der Waals surface area contributed by atoms with Gasteiger partial charge < -0.3 is 0 Å². The number of benzene rings is 1. The van der Waals surface area contributed by atoms with E-state index in [1.807, 2.05) is 37.4 Å². The van der Waals surface area contributed by atoms with Crippen LogP contribution in [0.3, 0.4) is 0 Å². The van der Waals surface area contributed by atoms with Gasteiger partial charge in [0.15, 0.2) is 5.13 Å².